The number of carbonyl (C=O) groups is 3. The maximum Gasteiger partial charge on any atom is 0.471 e. The zero-order chi connectivity index (χ0) is 26.0. The molecule has 192 valence electrons. The minimum Gasteiger partial charge on any atom is -0.394 e. The van der Waals surface area contributed by atoms with Gasteiger partial charge in [-0.25, -0.2) is 4.79 Å². The van der Waals surface area contributed by atoms with E-state index in [1.807, 2.05) is 0 Å². The number of Topliss-reactive ketones (excluding diaryl/α,β-unsaturated/α-hetero) is 1. The molecule has 0 bridgehead atoms. The molecule has 6 N–H and O–H groups in total. The van der Waals surface area contributed by atoms with Crippen LogP contribution in [0.15, 0.2) is 42.1 Å². The van der Waals surface area contributed by atoms with E-state index in [1.165, 1.54) is 18.3 Å². The molecule has 3 rings (SSSR count). The van der Waals surface area contributed by atoms with E-state index in [0.29, 0.717) is 0 Å². The van der Waals surface area contributed by atoms with Crippen LogP contribution < -0.4 is 16.4 Å². The number of benzene rings is 1. The number of halogens is 3. The van der Waals surface area contributed by atoms with E-state index in [-0.39, 0.29) is 30.5 Å². The number of hydrogen-bond acceptors (Lipinski definition) is 7. The molecule has 2 aliphatic heterocycles. The van der Waals surface area contributed by atoms with E-state index >= 15 is 0 Å². The van der Waals surface area contributed by atoms with Gasteiger partial charge in [-0.1, -0.05) is 37.3 Å². The summed E-state index contributed by atoms with van der Waals surface area (Å²) in [5.41, 5.74) is 4.74. The SMILES string of the molecule is CC(CNC(=O)C(F)(F)F)CC1=CN([C@H]2C[C@H](O)[C@@H](CO)O2)C(=O)NC1(N)C(=O)c1ccccc1. The number of aliphatic hydroxyl groups is 2. The van der Waals surface area contributed by atoms with Crippen LogP contribution in [0.4, 0.5) is 18.0 Å². The van der Waals surface area contributed by atoms with Crippen LogP contribution in [-0.2, 0) is 9.53 Å². The molecule has 5 atom stereocenters. The number of nitrogens with zero attached hydrogens (tertiary/aromatic N) is 1. The lowest BCUT2D eigenvalue weighted by atomic mass is 9.85. The number of nitrogens with two attached hydrogens (primary N) is 1. The molecule has 10 nitrogen and oxygen atoms in total. The maximum absolute atomic E-state index is 13.3. The van der Waals surface area contributed by atoms with Crippen molar-refractivity contribution in [3.05, 3.63) is 47.7 Å². The van der Waals surface area contributed by atoms with Gasteiger partial charge in [0.15, 0.2) is 5.66 Å². The third kappa shape index (κ3) is 5.81. The molecular weight excluding hydrogens is 473 g/mol. The third-order valence-electron chi connectivity index (χ3n) is 5.87. The fourth-order valence-electron chi connectivity index (χ4n) is 3.95. The molecule has 0 saturated carbocycles. The molecule has 0 aromatic heterocycles. The number of aliphatic hydroxyl groups excluding tert-OH is 2. The van der Waals surface area contributed by atoms with Gasteiger partial charge in [-0.2, -0.15) is 13.2 Å². The summed E-state index contributed by atoms with van der Waals surface area (Å²) >= 11 is 0. The maximum atomic E-state index is 13.3. The van der Waals surface area contributed by atoms with Crippen LogP contribution in [0.3, 0.4) is 0 Å². The standard InChI is InChI=1S/C22H27F3N4O6/c1-12(9-27-19(33)22(23,24)25)7-14-10-29(17-8-15(31)16(11-30)35-17)20(34)28-21(14,26)18(32)13-5-3-2-4-6-13/h2-6,10,12,15-17,30-31H,7-9,11,26H2,1H3,(H,27,33)(H,28,34)/t12?,15-,16+,17+,21?/m0/s1. The average Bonchev–Trinajstić information content (AvgIpc) is 3.18. The Hall–Kier alpha value is -3.00. The van der Waals surface area contributed by atoms with Crippen LogP contribution in [0.5, 0.6) is 0 Å². The van der Waals surface area contributed by atoms with Crippen molar-refractivity contribution in [2.45, 2.75) is 50.0 Å². The average molecular weight is 500 g/mol. The van der Waals surface area contributed by atoms with Crippen LogP contribution in [0.2, 0.25) is 0 Å². The second-order valence-electron chi connectivity index (χ2n) is 8.63. The zero-order valence-electron chi connectivity index (χ0n) is 18.8. The molecule has 1 saturated heterocycles. The summed E-state index contributed by atoms with van der Waals surface area (Å²) in [6, 6.07) is 7.10. The number of amides is 3. The van der Waals surface area contributed by atoms with Gasteiger partial charge < -0.3 is 25.6 Å². The van der Waals surface area contributed by atoms with E-state index in [1.54, 1.807) is 30.4 Å². The lowest BCUT2D eigenvalue weighted by molar-refractivity contribution is -0.173. The Morgan fingerprint density at radius 3 is 2.57 bits per heavy atom. The molecule has 1 aromatic carbocycles. The molecular formula is C22H27F3N4O6. The Labute approximate surface area is 198 Å². The molecule has 13 heteroatoms. The van der Waals surface area contributed by atoms with Crippen molar-refractivity contribution < 1.29 is 42.5 Å². The van der Waals surface area contributed by atoms with Gasteiger partial charge in [-0.3, -0.25) is 20.2 Å². The minimum atomic E-state index is -5.04. The quantitative estimate of drug-likeness (QED) is 0.328. The largest absolute Gasteiger partial charge is 0.471 e. The number of rotatable bonds is 8. The fraction of sp³-hybridized carbons (Fsp3) is 0.500. The monoisotopic (exact) mass is 500 g/mol. The van der Waals surface area contributed by atoms with Crippen molar-refractivity contribution in [2.24, 2.45) is 11.7 Å². The number of ketones is 1. The van der Waals surface area contributed by atoms with Crippen molar-refractivity contribution in [1.29, 1.82) is 0 Å². The molecule has 35 heavy (non-hydrogen) atoms. The topological polar surface area (TPSA) is 154 Å². The number of alkyl halides is 3. The number of nitrogens with one attached hydrogen (secondary N) is 2. The lowest BCUT2D eigenvalue weighted by Crippen LogP contribution is -2.68. The van der Waals surface area contributed by atoms with Gasteiger partial charge in [-0.05, 0) is 17.9 Å². The van der Waals surface area contributed by atoms with E-state index in [9.17, 15) is 37.8 Å². The highest BCUT2D eigenvalue weighted by Crippen LogP contribution is 2.32. The Morgan fingerprint density at radius 1 is 1.34 bits per heavy atom. The van der Waals surface area contributed by atoms with Crippen molar-refractivity contribution in [3.8, 4) is 0 Å². The van der Waals surface area contributed by atoms with Crippen LogP contribution in [0.1, 0.15) is 30.1 Å². The molecule has 0 aliphatic carbocycles. The second kappa shape index (κ2) is 10.3. The summed E-state index contributed by atoms with van der Waals surface area (Å²) in [6.45, 7) is 0.695. The van der Waals surface area contributed by atoms with Gasteiger partial charge in [0, 0.05) is 24.7 Å². The normalized spacial score (nSPS) is 27.7. The molecule has 0 radical (unpaired) electrons. The summed E-state index contributed by atoms with van der Waals surface area (Å²) in [4.78, 5) is 38.5. The first-order valence-corrected chi connectivity index (χ1v) is 10.9. The number of carbonyl (C=O) groups excluding carboxylic acids is 3. The molecule has 2 aliphatic rings. The fourth-order valence-corrected chi connectivity index (χ4v) is 3.95. The predicted octanol–water partition coefficient (Wildman–Crippen LogP) is 0.606. The Kier molecular flexibility index (Phi) is 7.84. The van der Waals surface area contributed by atoms with Crippen molar-refractivity contribution in [3.63, 3.8) is 0 Å². The van der Waals surface area contributed by atoms with E-state index < -0.39 is 60.5 Å². The number of ether oxygens (including phenoxy) is 1. The van der Waals surface area contributed by atoms with Gasteiger partial charge in [0.25, 0.3) is 0 Å². The van der Waals surface area contributed by atoms with Crippen LogP contribution >= 0.6 is 0 Å². The van der Waals surface area contributed by atoms with E-state index in [0.717, 1.165) is 4.90 Å². The minimum absolute atomic E-state index is 0.0240. The summed E-state index contributed by atoms with van der Waals surface area (Å²) in [5.74, 6) is -3.36. The summed E-state index contributed by atoms with van der Waals surface area (Å²) < 4.78 is 43.1. The summed E-state index contributed by atoms with van der Waals surface area (Å²) in [6.07, 6.45) is -6.79. The molecule has 1 aromatic rings. The van der Waals surface area contributed by atoms with E-state index in [2.05, 4.69) is 5.32 Å². The number of urea groups is 1. The Balaban J connectivity index is 1.89. The highest BCUT2D eigenvalue weighted by Gasteiger charge is 2.48. The van der Waals surface area contributed by atoms with Crippen molar-refractivity contribution >= 4 is 17.7 Å². The van der Waals surface area contributed by atoms with Gasteiger partial charge in [-0.15, -0.1) is 0 Å². The Bertz CT molecular complexity index is 989. The van der Waals surface area contributed by atoms with Crippen LogP contribution in [0.25, 0.3) is 0 Å². The van der Waals surface area contributed by atoms with Gasteiger partial charge in [0.05, 0.1) is 12.7 Å². The summed E-state index contributed by atoms with van der Waals surface area (Å²) in [7, 11) is 0. The first kappa shape index (κ1) is 26.6. The highest BCUT2D eigenvalue weighted by molar-refractivity contribution is 6.07. The first-order chi connectivity index (χ1) is 16.4. The second-order valence-corrected chi connectivity index (χ2v) is 8.63. The summed E-state index contributed by atoms with van der Waals surface area (Å²) in [5, 5.41) is 23.6. The smallest absolute Gasteiger partial charge is 0.394 e. The van der Waals surface area contributed by atoms with Crippen molar-refractivity contribution in [1.82, 2.24) is 15.5 Å². The van der Waals surface area contributed by atoms with Crippen molar-refractivity contribution in [2.75, 3.05) is 13.2 Å². The van der Waals surface area contributed by atoms with Crippen LogP contribution in [-0.4, -0.2) is 76.3 Å². The molecule has 3 amide bonds. The predicted molar refractivity (Wildman–Crippen MR) is 115 cm³/mol. The van der Waals surface area contributed by atoms with Gasteiger partial charge >= 0.3 is 18.1 Å². The van der Waals surface area contributed by atoms with Crippen LogP contribution in [0, 0.1) is 5.92 Å². The first-order valence-electron chi connectivity index (χ1n) is 10.9. The Morgan fingerprint density at radius 2 is 2.00 bits per heavy atom. The third-order valence-corrected chi connectivity index (χ3v) is 5.87. The van der Waals surface area contributed by atoms with Gasteiger partial charge in [0.1, 0.15) is 12.3 Å². The van der Waals surface area contributed by atoms with Gasteiger partial charge in [0.2, 0.25) is 5.78 Å². The number of hydrogen-bond donors (Lipinski definition) is 5. The highest BCUT2D eigenvalue weighted by atomic mass is 19.4. The lowest BCUT2D eigenvalue weighted by Gasteiger charge is -2.41. The zero-order valence-corrected chi connectivity index (χ0v) is 18.8. The molecule has 1 fully saturated rings. The molecule has 2 unspecified atom stereocenters. The molecule has 0 spiro atoms. The molecule has 2 heterocycles. The van der Waals surface area contributed by atoms with E-state index in [4.69, 9.17) is 10.5 Å².